The number of rotatable bonds is 1. The van der Waals surface area contributed by atoms with Crippen molar-refractivity contribution in [3.63, 3.8) is 0 Å². The fraction of sp³-hybridized carbons (Fsp3) is 0.600. The third-order valence-corrected chi connectivity index (χ3v) is 1.48. The lowest BCUT2D eigenvalue weighted by Gasteiger charge is -1.81. The number of nitrogens with two attached hydrogens (primary N) is 1. The summed E-state index contributed by atoms with van der Waals surface area (Å²) in [6.45, 7) is 0. The molecule has 1 aromatic heterocycles. The number of nitrogen functional groups attached to an aromatic ring is 1. The van der Waals surface area contributed by atoms with Crippen molar-refractivity contribution < 1.29 is 10.3 Å². The van der Waals surface area contributed by atoms with Crippen molar-refractivity contribution >= 4 is 5.95 Å². The standard InChI is InChI=1S/C5H8N4.HNO3/c6-5-7-4(8-9-5)3-1-2-3;2-1(3)4/h3H,1-2H2,(H3,6,7,8,9);(H,2,3,4). The summed E-state index contributed by atoms with van der Waals surface area (Å²) >= 11 is 0. The number of aromatic amines is 1. The lowest BCUT2D eigenvalue weighted by Crippen LogP contribution is -1.85. The second kappa shape index (κ2) is 3.70. The zero-order valence-electron chi connectivity index (χ0n) is 6.67. The van der Waals surface area contributed by atoms with Crippen LogP contribution in [0.15, 0.2) is 0 Å². The molecule has 1 fully saturated rings. The van der Waals surface area contributed by atoms with Gasteiger partial charge < -0.3 is 10.9 Å². The van der Waals surface area contributed by atoms with Crippen molar-refractivity contribution in [3.8, 4) is 0 Å². The fourth-order valence-electron chi connectivity index (χ4n) is 0.827. The molecule has 2 rings (SSSR count). The first kappa shape index (κ1) is 9.23. The Morgan fingerprint density at radius 2 is 2.23 bits per heavy atom. The number of nitrogens with zero attached hydrogens (tertiary/aromatic N) is 3. The highest BCUT2D eigenvalue weighted by atomic mass is 16.9. The van der Waals surface area contributed by atoms with E-state index in [2.05, 4.69) is 15.2 Å². The largest absolute Gasteiger partial charge is 0.367 e. The van der Waals surface area contributed by atoms with Gasteiger partial charge in [0.2, 0.25) is 5.95 Å². The Hall–Kier alpha value is -1.86. The molecular weight excluding hydrogens is 178 g/mol. The van der Waals surface area contributed by atoms with Crippen molar-refractivity contribution in [2.45, 2.75) is 18.8 Å². The lowest BCUT2D eigenvalue weighted by molar-refractivity contribution is -0.742. The Labute approximate surface area is 72.9 Å². The number of H-pyrrole nitrogens is 1. The van der Waals surface area contributed by atoms with E-state index in [1.807, 2.05) is 0 Å². The lowest BCUT2D eigenvalue weighted by atomic mass is 10.4. The van der Waals surface area contributed by atoms with E-state index in [9.17, 15) is 0 Å². The van der Waals surface area contributed by atoms with Gasteiger partial charge in [-0.1, -0.05) is 0 Å². The summed E-state index contributed by atoms with van der Waals surface area (Å²) in [6.07, 6.45) is 2.46. The van der Waals surface area contributed by atoms with Gasteiger partial charge in [0, 0.05) is 5.92 Å². The average molecular weight is 187 g/mol. The minimum atomic E-state index is -1.50. The fourth-order valence-corrected chi connectivity index (χ4v) is 0.827. The second-order valence-electron chi connectivity index (χ2n) is 2.59. The van der Waals surface area contributed by atoms with Crippen LogP contribution in [0.5, 0.6) is 0 Å². The van der Waals surface area contributed by atoms with Gasteiger partial charge >= 0.3 is 0 Å². The normalized spacial score (nSPS) is 14.5. The van der Waals surface area contributed by atoms with E-state index >= 15 is 0 Å². The zero-order valence-corrected chi connectivity index (χ0v) is 6.67. The summed E-state index contributed by atoms with van der Waals surface area (Å²) in [4.78, 5) is 12.3. The predicted octanol–water partition coefficient (Wildman–Crippen LogP) is -0.0834. The van der Waals surface area contributed by atoms with E-state index in [0.717, 1.165) is 5.82 Å². The van der Waals surface area contributed by atoms with Gasteiger partial charge in [0.1, 0.15) is 5.82 Å². The third kappa shape index (κ3) is 3.36. The highest BCUT2D eigenvalue weighted by molar-refractivity contribution is 5.16. The molecule has 4 N–H and O–H groups in total. The second-order valence-corrected chi connectivity index (χ2v) is 2.59. The van der Waals surface area contributed by atoms with Gasteiger partial charge in [0.15, 0.2) is 0 Å². The minimum absolute atomic E-state index is 0.358. The van der Waals surface area contributed by atoms with Gasteiger partial charge in [0.05, 0.1) is 0 Å². The molecule has 0 bridgehead atoms. The molecule has 0 amide bonds. The van der Waals surface area contributed by atoms with Gasteiger partial charge in [-0.25, -0.2) is 0 Å². The smallest absolute Gasteiger partial charge is 0.291 e. The van der Waals surface area contributed by atoms with Crippen LogP contribution < -0.4 is 5.73 Å². The Morgan fingerprint density at radius 1 is 1.69 bits per heavy atom. The van der Waals surface area contributed by atoms with E-state index in [0.29, 0.717) is 11.9 Å². The molecule has 0 saturated heterocycles. The molecule has 8 heteroatoms. The Morgan fingerprint density at radius 3 is 2.54 bits per heavy atom. The Balaban J connectivity index is 0.000000184. The Bertz CT molecular complexity index is 290. The topological polar surface area (TPSA) is 131 Å². The maximum absolute atomic E-state index is 8.36. The molecule has 0 spiro atoms. The van der Waals surface area contributed by atoms with Crippen LogP contribution in [0.1, 0.15) is 24.6 Å². The van der Waals surface area contributed by atoms with E-state index in [1.54, 1.807) is 0 Å². The quantitative estimate of drug-likeness (QED) is 0.416. The molecule has 1 aliphatic carbocycles. The van der Waals surface area contributed by atoms with Crippen molar-refractivity contribution in [2.24, 2.45) is 0 Å². The first-order valence-electron chi connectivity index (χ1n) is 3.60. The summed E-state index contributed by atoms with van der Waals surface area (Å²) in [5.74, 6) is 1.93. The molecule has 0 aliphatic heterocycles. The number of anilines is 1. The van der Waals surface area contributed by atoms with Crippen LogP contribution in [0, 0.1) is 10.1 Å². The van der Waals surface area contributed by atoms with Crippen LogP contribution in [-0.4, -0.2) is 25.5 Å². The molecule has 1 aromatic rings. The minimum Gasteiger partial charge on any atom is -0.367 e. The van der Waals surface area contributed by atoms with Crippen LogP contribution in [0.4, 0.5) is 5.95 Å². The van der Waals surface area contributed by atoms with Gasteiger partial charge in [-0.05, 0) is 12.8 Å². The summed E-state index contributed by atoms with van der Waals surface area (Å²) in [5, 5.41) is 20.1. The van der Waals surface area contributed by atoms with E-state index < -0.39 is 5.09 Å². The molecule has 0 radical (unpaired) electrons. The zero-order chi connectivity index (χ0) is 9.84. The maximum Gasteiger partial charge on any atom is 0.291 e. The molecule has 0 aromatic carbocycles. The number of aromatic nitrogens is 3. The highest BCUT2D eigenvalue weighted by Gasteiger charge is 2.26. The van der Waals surface area contributed by atoms with Crippen LogP contribution >= 0.6 is 0 Å². The molecule has 72 valence electrons. The predicted molar refractivity (Wildman–Crippen MR) is 41.6 cm³/mol. The first-order chi connectivity index (χ1) is 6.09. The van der Waals surface area contributed by atoms with Crippen LogP contribution in [-0.2, 0) is 0 Å². The number of nitrogens with one attached hydrogen (secondary N) is 1. The van der Waals surface area contributed by atoms with Crippen LogP contribution in [0.25, 0.3) is 0 Å². The summed E-state index contributed by atoms with van der Waals surface area (Å²) in [6, 6.07) is 0. The van der Waals surface area contributed by atoms with Crippen molar-refractivity contribution in [1.82, 2.24) is 15.2 Å². The number of hydrogen-bond donors (Lipinski definition) is 3. The molecule has 0 unspecified atom stereocenters. The number of hydrogen-bond acceptors (Lipinski definition) is 5. The summed E-state index contributed by atoms with van der Waals surface area (Å²) < 4.78 is 0. The van der Waals surface area contributed by atoms with Gasteiger partial charge in [-0.15, -0.1) is 15.2 Å². The molecular formula is C5H9N5O3. The maximum atomic E-state index is 8.36. The van der Waals surface area contributed by atoms with Gasteiger partial charge in [-0.2, -0.15) is 4.98 Å². The molecule has 1 aliphatic rings. The van der Waals surface area contributed by atoms with E-state index in [1.165, 1.54) is 12.8 Å². The van der Waals surface area contributed by atoms with Crippen molar-refractivity contribution in [2.75, 3.05) is 5.73 Å². The molecule has 0 atom stereocenters. The van der Waals surface area contributed by atoms with Crippen LogP contribution in [0.2, 0.25) is 0 Å². The monoisotopic (exact) mass is 187 g/mol. The third-order valence-electron chi connectivity index (χ3n) is 1.48. The molecule has 1 heterocycles. The molecule has 13 heavy (non-hydrogen) atoms. The molecule has 1 saturated carbocycles. The van der Waals surface area contributed by atoms with Crippen molar-refractivity contribution in [3.05, 3.63) is 15.9 Å². The van der Waals surface area contributed by atoms with Gasteiger partial charge in [0.25, 0.3) is 5.09 Å². The summed E-state index contributed by atoms with van der Waals surface area (Å²) in [5.41, 5.74) is 5.29. The van der Waals surface area contributed by atoms with E-state index in [4.69, 9.17) is 21.1 Å². The highest BCUT2D eigenvalue weighted by Crippen LogP contribution is 2.37. The van der Waals surface area contributed by atoms with Crippen LogP contribution in [0.3, 0.4) is 0 Å². The van der Waals surface area contributed by atoms with Crippen molar-refractivity contribution in [1.29, 1.82) is 0 Å². The molecule has 8 nitrogen and oxygen atoms in total. The average Bonchev–Trinajstić information content (AvgIpc) is 2.75. The Kier molecular flexibility index (Phi) is 2.62. The van der Waals surface area contributed by atoms with E-state index in [-0.39, 0.29) is 0 Å². The SMILES string of the molecule is Nc1n[nH]c(C2CC2)n1.O=[N+]([O-])O. The summed E-state index contributed by atoms with van der Waals surface area (Å²) in [7, 11) is 0. The van der Waals surface area contributed by atoms with Gasteiger partial charge in [-0.3, -0.25) is 5.10 Å². The first-order valence-corrected chi connectivity index (χ1v) is 3.60.